The highest BCUT2D eigenvalue weighted by molar-refractivity contribution is 6.07. The number of anilines is 1. The van der Waals surface area contributed by atoms with E-state index in [-0.39, 0.29) is 5.91 Å². The smallest absolute Gasteiger partial charge is 0.260 e. The first-order valence-electron chi connectivity index (χ1n) is 8.10. The second-order valence-electron chi connectivity index (χ2n) is 5.90. The van der Waals surface area contributed by atoms with Crippen LogP contribution >= 0.6 is 0 Å². The molecular weight excluding hydrogens is 330 g/mol. The summed E-state index contributed by atoms with van der Waals surface area (Å²) in [5.41, 5.74) is 3.28. The number of carbonyl (C=O) groups is 1. The standard InChI is InChI=1S/C19H17N5O2/c1-12-5-3-4-6-17(12)24-11-13(10-20-24)19(25)21-18-15-9-14(26-2)7-8-16(15)22-23-18/h3-11H,1-2H3,(H2,21,22,23,25). The van der Waals surface area contributed by atoms with Gasteiger partial charge in [0, 0.05) is 11.6 Å². The third kappa shape index (κ3) is 2.79. The average Bonchev–Trinajstić information content (AvgIpc) is 3.29. The van der Waals surface area contributed by atoms with Crippen LogP contribution in [0.5, 0.6) is 5.75 Å². The zero-order chi connectivity index (χ0) is 18.1. The first-order valence-corrected chi connectivity index (χ1v) is 8.10. The highest BCUT2D eigenvalue weighted by Crippen LogP contribution is 2.25. The number of benzene rings is 2. The Kier molecular flexibility index (Phi) is 3.89. The lowest BCUT2D eigenvalue weighted by atomic mass is 10.2. The first kappa shape index (κ1) is 15.9. The predicted molar refractivity (Wildman–Crippen MR) is 98.9 cm³/mol. The SMILES string of the molecule is COc1ccc2[nH]nc(NC(=O)c3cnn(-c4ccccc4C)c3)c2c1. The van der Waals surface area contributed by atoms with Crippen molar-refractivity contribution < 1.29 is 9.53 Å². The van der Waals surface area contributed by atoms with Gasteiger partial charge >= 0.3 is 0 Å². The van der Waals surface area contributed by atoms with Gasteiger partial charge in [-0.15, -0.1) is 0 Å². The highest BCUT2D eigenvalue weighted by atomic mass is 16.5. The van der Waals surface area contributed by atoms with Crippen molar-refractivity contribution in [2.75, 3.05) is 12.4 Å². The van der Waals surface area contributed by atoms with E-state index < -0.39 is 0 Å². The number of nitrogens with one attached hydrogen (secondary N) is 2. The topological polar surface area (TPSA) is 84.8 Å². The number of aryl methyl sites for hydroxylation is 1. The molecule has 2 aromatic carbocycles. The van der Waals surface area contributed by atoms with Crippen molar-refractivity contribution in [2.45, 2.75) is 6.92 Å². The van der Waals surface area contributed by atoms with E-state index in [1.807, 2.05) is 49.4 Å². The normalized spacial score (nSPS) is 10.8. The van der Waals surface area contributed by atoms with Crippen LogP contribution in [-0.2, 0) is 0 Å². The Bertz CT molecular complexity index is 1100. The lowest BCUT2D eigenvalue weighted by Gasteiger charge is -2.04. The minimum Gasteiger partial charge on any atom is -0.497 e. The summed E-state index contributed by atoms with van der Waals surface area (Å²) in [4.78, 5) is 12.6. The zero-order valence-electron chi connectivity index (χ0n) is 14.4. The van der Waals surface area contributed by atoms with Crippen LogP contribution in [0.2, 0.25) is 0 Å². The van der Waals surface area contributed by atoms with E-state index in [2.05, 4.69) is 20.6 Å². The largest absolute Gasteiger partial charge is 0.497 e. The molecule has 0 saturated heterocycles. The zero-order valence-corrected chi connectivity index (χ0v) is 14.4. The van der Waals surface area contributed by atoms with Gasteiger partial charge in [0.25, 0.3) is 5.91 Å². The number of rotatable bonds is 4. The van der Waals surface area contributed by atoms with E-state index in [1.54, 1.807) is 18.0 Å². The van der Waals surface area contributed by atoms with E-state index in [9.17, 15) is 4.79 Å². The summed E-state index contributed by atoms with van der Waals surface area (Å²) in [6, 6.07) is 13.4. The average molecular weight is 347 g/mol. The molecule has 7 nitrogen and oxygen atoms in total. The summed E-state index contributed by atoms with van der Waals surface area (Å²) >= 11 is 0. The number of nitrogens with zero attached hydrogens (tertiary/aromatic N) is 3. The maximum atomic E-state index is 12.6. The summed E-state index contributed by atoms with van der Waals surface area (Å²) in [7, 11) is 1.60. The molecule has 0 saturated carbocycles. The van der Waals surface area contributed by atoms with Crippen LogP contribution in [0.4, 0.5) is 5.82 Å². The third-order valence-electron chi connectivity index (χ3n) is 4.21. The van der Waals surface area contributed by atoms with Gasteiger partial charge in [0.05, 0.1) is 30.1 Å². The fourth-order valence-corrected chi connectivity index (χ4v) is 2.79. The van der Waals surface area contributed by atoms with Gasteiger partial charge < -0.3 is 10.1 Å². The van der Waals surface area contributed by atoms with E-state index in [4.69, 9.17) is 4.74 Å². The third-order valence-corrected chi connectivity index (χ3v) is 4.21. The van der Waals surface area contributed by atoms with Gasteiger partial charge in [-0.1, -0.05) is 18.2 Å². The van der Waals surface area contributed by atoms with E-state index in [1.165, 1.54) is 6.20 Å². The molecule has 0 bridgehead atoms. The van der Waals surface area contributed by atoms with Gasteiger partial charge in [-0.2, -0.15) is 10.2 Å². The van der Waals surface area contributed by atoms with Crippen molar-refractivity contribution in [1.29, 1.82) is 0 Å². The Labute approximate surface area is 149 Å². The number of aromatic amines is 1. The molecule has 0 spiro atoms. The van der Waals surface area contributed by atoms with Gasteiger partial charge in [-0.3, -0.25) is 9.89 Å². The van der Waals surface area contributed by atoms with Crippen LogP contribution in [0.15, 0.2) is 54.9 Å². The molecular formula is C19H17N5O2. The first-order chi connectivity index (χ1) is 12.7. The Balaban J connectivity index is 1.61. The molecule has 130 valence electrons. The number of H-pyrrole nitrogens is 1. The van der Waals surface area contributed by atoms with Crippen LogP contribution in [0.1, 0.15) is 15.9 Å². The summed E-state index contributed by atoms with van der Waals surface area (Å²) in [5, 5.41) is 15.0. The fraction of sp³-hybridized carbons (Fsp3) is 0.105. The lowest BCUT2D eigenvalue weighted by Crippen LogP contribution is -2.11. The summed E-state index contributed by atoms with van der Waals surface area (Å²) in [6.45, 7) is 2.00. The molecule has 2 heterocycles. The van der Waals surface area contributed by atoms with Crippen LogP contribution in [0.3, 0.4) is 0 Å². The van der Waals surface area contributed by atoms with Gasteiger partial charge in [-0.25, -0.2) is 4.68 Å². The van der Waals surface area contributed by atoms with Crippen LogP contribution in [0.25, 0.3) is 16.6 Å². The molecule has 2 aromatic heterocycles. The molecule has 4 aromatic rings. The van der Waals surface area contributed by atoms with Gasteiger partial charge in [0.2, 0.25) is 0 Å². The predicted octanol–water partition coefficient (Wildman–Crippen LogP) is 3.32. The number of carbonyl (C=O) groups excluding carboxylic acids is 1. The Morgan fingerprint density at radius 1 is 1.23 bits per heavy atom. The molecule has 26 heavy (non-hydrogen) atoms. The Morgan fingerprint density at radius 3 is 2.88 bits per heavy atom. The number of methoxy groups -OCH3 is 1. The second kappa shape index (κ2) is 6.36. The molecule has 0 aliphatic heterocycles. The maximum absolute atomic E-state index is 12.6. The molecule has 2 N–H and O–H groups in total. The lowest BCUT2D eigenvalue weighted by molar-refractivity contribution is 0.102. The summed E-state index contributed by atoms with van der Waals surface area (Å²) in [6.07, 6.45) is 3.24. The quantitative estimate of drug-likeness (QED) is 0.593. The van der Waals surface area contributed by atoms with E-state index in [0.29, 0.717) is 17.1 Å². The maximum Gasteiger partial charge on any atom is 0.260 e. The van der Waals surface area contributed by atoms with Crippen LogP contribution in [0, 0.1) is 6.92 Å². The number of aromatic nitrogens is 4. The van der Waals surface area contributed by atoms with E-state index in [0.717, 1.165) is 22.2 Å². The number of para-hydroxylation sites is 1. The van der Waals surface area contributed by atoms with Gasteiger partial charge in [0.1, 0.15) is 5.75 Å². The molecule has 0 atom stereocenters. The molecule has 0 radical (unpaired) electrons. The minimum atomic E-state index is -0.277. The van der Waals surface area contributed by atoms with Gasteiger partial charge in [0.15, 0.2) is 5.82 Å². The van der Waals surface area contributed by atoms with Crippen molar-refractivity contribution >= 4 is 22.6 Å². The van der Waals surface area contributed by atoms with Crippen LogP contribution < -0.4 is 10.1 Å². The number of hydrogen-bond acceptors (Lipinski definition) is 4. The Hall–Kier alpha value is -3.61. The molecule has 0 unspecified atom stereocenters. The van der Waals surface area contributed by atoms with E-state index >= 15 is 0 Å². The second-order valence-corrected chi connectivity index (χ2v) is 5.90. The molecule has 7 heteroatoms. The number of amides is 1. The number of fused-ring (bicyclic) bond motifs is 1. The monoisotopic (exact) mass is 347 g/mol. The Morgan fingerprint density at radius 2 is 2.08 bits per heavy atom. The van der Waals surface area contributed by atoms with Gasteiger partial charge in [-0.05, 0) is 36.8 Å². The summed E-state index contributed by atoms with van der Waals surface area (Å²) in [5.74, 6) is 0.871. The summed E-state index contributed by atoms with van der Waals surface area (Å²) < 4.78 is 6.92. The fourth-order valence-electron chi connectivity index (χ4n) is 2.79. The van der Waals surface area contributed by atoms with Crippen molar-refractivity contribution in [2.24, 2.45) is 0 Å². The molecule has 0 aliphatic carbocycles. The van der Waals surface area contributed by atoms with Crippen LogP contribution in [-0.4, -0.2) is 33.0 Å². The van der Waals surface area contributed by atoms with Crippen molar-refractivity contribution in [3.05, 3.63) is 66.0 Å². The highest BCUT2D eigenvalue weighted by Gasteiger charge is 2.14. The molecule has 0 fully saturated rings. The van der Waals surface area contributed by atoms with Crippen molar-refractivity contribution in [3.8, 4) is 11.4 Å². The number of ether oxygens (including phenoxy) is 1. The molecule has 0 aliphatic rings. The number of hydrogen-bond donors (Lipinski definition) is 2. The minimum absolute atomic E-state index is 0.277. The molecule has 4 rings (SSSR count). The molecule has 1 amide bonds. The van der Waals surface area contributed by atoms with Crippen molar-refractivity contribution in [3.63, 3.8) is 0 Å². The van der Waals surface area contributed by atoms with Crippen molar-refractivity contribution in [1.82, 2.24) is 20.0 Å².